The van der Waals surface area contributed by atoms with Crippen LogP contribution in [0.15, 0.2) is 23.0 Å². The van der Waals surface area contributed by atoms with Crippen LogP contribution in [0, 0.1) is 3.57 Å². The molecule has 2 rings (SSSR count). The number of halogens is 1. The normalized spacial score (nSPS) is 12.2. The van der Waals surface area contributed by atoms with Gasteiger partial charge in [-0.2, -0.15) is 0 Å². The van der Waals surface area contributed by atoms with Crippen molar-refractivity contribution in [3.05, 3.63) is 37.7 Å². The number of pyridine rings is 1. The average molecular weight is 414 g/mol. The van der Waals surface area contributed by atoms with Crippen LogP contribution in [0.5, 0.6) is 5.75 Å². The lowest BCUT2D eigenvalue weighted by Gasteiger charge is -2.14. The summed E-state index contributed by atoms with van der Waals surface area (Å²) in [7, 11) is 1.53. The molecule has 2 aromatic rings. The predicted octanol–water partition coefficient (Wildman–Crippen LogP) is 1.56. The highest BCUT2D eigenvalue weighted by Crippen LogP contribution is 2.27. The number of ketones is 1. The topological polar surface area (TPSA) is 88.4 Å². The molecule has 1 amide bonds. The molecule has 0 saturated heterocycles. The minimum absolute atomic E-state index is 0.236. The lowest BCUT2D eigenvalue weighted by molar-refractivity contribution is -0.118. The number of carbonyl (C=O) groups is 2. The fourth-order valence-electron chi connectivity index (χ4n) is 2.08. The van der Waals surface area contributed by atoms with Gasteiger partial charge >= 0.3 is 0 Å². The second-order valence-corrected chi connectivity index (χ2v) is 6.30. The van der Waals surface area contributed by atoms with Gasteiger partial charge in [0, 0.05) is 16.0 Å². The van der Waals surface area contributed by atoms with Gasteiger partial charge in [-0.25, -0.2) is 0 Å². The molecule has 7 heteroatoms. The molecule has 0 bridgehead atoms. The molecule has 0 unspecified atom stereocenters. The number of amides is 1. The molecule has 6 nitrogen and oxygen atoms in total. The van der Waals surface area contributed by atoms with Gasteiger partial charge < -0.3 is 15.0 Å². The van der Waals surface area contributed by atoms with Crippen LogP contribution in [0.3, 0.4) is 0 Å². The Hall–Kier alpha value is -1.90. The van der Waals surface area contributed by atoms with Gasteiger partial charge in [0.05, 0.1) is 11.6 Å². The third-order valence-corrected chi connectivity index (χ3v) is 4.19. The van der Waals surface area contributed by atoms with E-state index in [2.05, 4.69) is 27.9 Å². The van der Waals surface area contributed by atoms with Gasteiger partial charge in [0.25, 0.3) is 11.5 Å². The molecule has 0 saturated carbocycles. The zero-order valence-corrected chi connectivity index (χ0v) is 14.5. The van der Waals surface area contributed by atoms with E-state index >= 15 is 0 Å². The summed E-state index contributed by atoms with van der Waals surface area (Å²) < 4.78 is 2.17. The number of carbonyl (C=O) groups excluding carboxylic acids is 2. The van der Waals surface area contributed by atoms with Gasteiger partial charge in [0.1, 0.15) is 11.3 Å². The van der Waals surface area contributed by atoms with Crippen LogP contribution in [0.4, 0.5) is 0 Å². The Balaban J connectivity index is 2.66. The van der Waals surface area contributed by atoms with Crippen LogP contribution in [-0.4, -0.2) is 27.4 Å². The number of hydrogen-bond donors (Lipinski definition) is 2. The number of aromatic hydroxyl groups is 1. The third kappa shape index (κ3) is 2.85. The number of fused-ring (bicyclic) bond motifs is 1. The van der Waals surface area contributed by atoms with E-state index in [4.69, 9.17) is 0 Å². The highest BCUT2D eigenvalue weighted by molar-refractivity contribution is 14.1. The van der Waals surface area contributed by atoms with Crippen LogP contribution >= 0.6 is 22.6 Å². The van der Waals surface area contributed by atoms with Gasteiger partial charge in [-0.1, -0.05) is 0 Å². The van der Waals surface area contributed by atoms with Crippen LogP contribution in [0.2, 0.25) is 0 Å². The Morgan fingerprint density at radius 3 is 2.59 bits per heavy atom. The summed E-state index contributed by atoms with van der Waals surface area (Å²) in [6, 6.07) is 4.47. The highest BCUT2D eigenvalue weighted by Gasteiger charge is 2.23. The van der Waals surface area contributed by atoms with Crippen molar-refractivity contribution < 1.29 is 14.7 Å². The molecule has 0 fully saturated rings. The first-order valence-corrected chi connectivity index (χ1v) is 7.64. The van der Waals surface area contributed by atoms with Crippen molar-refractivity contribution in [2.24, 2.45) is 7.05 Å². The predicted molar refractivity (Wildman–Crippen MR) is 91.2 cm³/mol. The fourth-order valence-corrected chi connectivity index (χ4v) is 2.57. The van der Waals surface area contributed by atoms with Crippen LogP contribution < -0.4 is 10.9 Å². The standard InChI is InChI=1S/C15H15IN2O4/c1-7(8(2)19)17-14(21)12-13(20)10-6-9(16)4-5-11(10)18(3)15(12)22/h4-7,20H,1-3H3,(H,17,21)/t7-/m0/s1. The molecule has 1 aromatic carbocycles. The van der Waals surface area contributed by atoms with Gasteiger partial charge in [0.15, 0.2) is 5.78 Å². The highest BCUT2D eigenvalue weighted by atomic mass is 127. The van der Waals surface area contributed by atoms with E-state index in [0.29, 0.717) is 10.9 Å². The molecule has 1 aromatic heterocycles. The average Bonchev–Trinajstić information content (AvgIpc) is 2.44. The van der Waals surface area contributed by atoms with Crippen molar-refractivity contribution in [2.75, 3.05) is 0 Å². The van der Waals surface area contributed by atoms with Gasteiger partial charge in [-0.15, -0.1) is 0 Å². The molecule has 0 radical (unpaired) electrons. The molecule has 2 N–H and O–H groups in total. The number of nitrogens with zero attached hydrogens (tertiary/aromatic N) is 1. The smallest absolute Gasteiger partial charge is 0.267 e. The first-order chi connectivity index (χ1) is 10.2. The summed E-state index contributed by atoms with van der Waals surface area (Å²) in [5.74, 6) is -1.37. The number of hydrogen-bond acceptors (Lipinski definition) is 4. The van der Waals surface area contributed by atoms with E-state index in [0.717, 1.165) is 3.57 Å². The van der Waals surface area contributed by atoms with E-state index in [1.807, 2.05) is 0 Å². The van der Waals surface area contributed by atoms with E-state index < -0.39 is 17.5 Å². The second kappa shape index (κ2) is 6.07. The van der Waals surface area contributed by atoms with Crippen molar-refractivity contribution in [3.63, 3.8) is 0 Å². The molecule has 1 atom stereocenters. The third-order valence-electron chi connectivity index (χ3n) is 3.51. The minimum atomic E-state index is -0.762. The van der Waals surface area contributed by atoms with Crippen LogP contribution in [0.25, 0.3) is 10.9 Å². The van der Waals surface area contributed by atoms with Gasteiger partial charge in [0.2, 0.25) is 0 Å². The lowest BCUT2D eigenvalue weighted by atomic mass is 10.1. The molecule has 1 heterocycles. The Morgan fingerprint density at radius 1 is 1.36 bits per heavy atom. The number of aromatic nitrogens is 1. The van der Waals surface area contributed by atoms with Crippen LogP contribution in [-0.2, 0) is 11.8 Å². The molecule has 0 aliphatic carbocycles. The lowest BCUT2D eigenvalue weighted by Crippen LogP contribution is -2.40. The molecule has 22 heavy (non-hydrogen) atoms. The SMILES string of the molecule is CC(=O)[C@H](C)NC(=O)c1c(O)c2cc(I)ccc2n(C)c1=O. The first kappa shape index (κ1) is 16.5. The Labute approximate surface area is 140 Å². The molecule has 0 aliphatic heterocycles. The largest absolute Gasteiger partial charge is 0.506 e. The second-order valence-electron chi connectivity index (χ2n) is 5.06. The van der Waals surface area contributed by atoms with Gasteiger partial charge in [-0.05, 0) is 54.6 Å². The van der Waals surface area contributed by atoms with Crippen molar-refractivity contribution in [2.45, 2.75) is 19.9 Å². The van der Waals surface area contributed by atoms with Crippen molar-refractivity contribution >= 4 is 45.2 Å². The number of aryl methyl sites for hydroxylation is 1. The summed E-state index contributed by atoms with van der Waals surface area (Å²) in [4.78, 5) is 35.8. The zero-order valence-electron chi connectivity index (χ0n) is 12.3. The van der Waals surface area contributed by atoms with E-state index in [1.54, 1.807) is 18.2 Å². The van der Waals surface area contributed by atoms with Crippen molar-refractivity contribution in [1.29, 1.82) is 0 Å². The summed E-state index contributed by atoms with van der Waals surface area (Å²) in [5.41, 5.74) is -0.441. The Bertz CT molecular complexity index is 842. The zero-order chi connectivity index (χ0) is 16.6. The van der Waals surface area contributed by atoms with Crippen molar-refractivity contribution in [1.82, 2.24) is 9.88 Å². The maximum atomic E-state index is 12.3. The fraction of sp³-hybridized carbons (Fsp3) is 0.267. The Morgan fingerprint density at radius 2 is 2.00 bits per heavy atom. The monoisotopic (exact) mass is 414 g/mol. The maximum Gasteiger partial charge on any atom is 0.267 e. The van der Waals surface area contributed by atoms with Gasteiger partial charge in [-0.3, -0.25) is 14.4 Å². The molecular formula is C15H15IN2O4. The quantitative estimate of drug-likeness (QED) is 0.747. The Kier molecular flexibility index (Phi) is 4.55. The maximum absolute atomic E-state index is 12.3. The molecule has 0 aliphatic rings. The first-order valence-electron chi connectivity index (χ1n) is 6.56. The van der Waals surface area contributed by atoms with Crippen LogP contribution in [0.1, 0.15) is 24.2 Å². The number of benzene rings is 1. The van der Waals surface area contributed by atoms with E-state index in [9.17, 15) is 19.5 Å². The number of rotatable bonds is 3. The molecule has 116 valence electrons. The number of nitrogens with one attached hydrogen (secondary N) is 1. The molecular weight excluding hydrogens is 399 g/mol. The summed E-state index contributed by atoms with van der Waals surface area (Å²) in [6.07, 6.45) is 0. The van der Waals surface area contributed by atoms with Crippen molar-refractivity contribution in [3.8, 4) is 5.75 Å². The summed E-state index contributed by atoms with van der Waals surface area (Å²) in [6.45, 7) is 2.86. The molecule has 0 spiro atoms. The minimum Gasteiger partial charge on any atom is -0.506 e. The van der Waals surface area contributed by atoms with E-state index in [-0.39, 0.29) is 17.1 Å². The number of Topliss-reactive ketones (excluding diaryl/α,β-unsaturated/α-hetero) is 1. The summed E-state index contributed by atoms with van der Waals surface area (Å²) in [5, 5.41) is 13.2. The summed E-state index contributed by atoms with van der Waals surface area (Å²) >= 11 is 2.08. The van der Waals surface area contributed by atoms with E-state index in [1.165, 1.54) is 25.5 Å².